The zero-order chi connectivity index (χ0) is 22.2. The monoisotopic (exact) mass is 423 g/mol. The van der Waals surface area contributed by atoms with Gasteiger partial charge in [-0.25, -0.2) is 0 Å². The van der Waals surface area contributed by atoms with E-state index in [2.05, 4.69) is 28.8 Å². The van der Waals surface area contributed by atoms with Gasteiger partial charge in [0.25, 0.3) is 0 Å². The number of hydrogen-bond donors (Lipinski definition) is 2. The van der Waals surface area contributed by atoms with E-state index in [9.17, 15) is 9.59 Å². The summed E-state index contributed by atoms with van der Waals surface area (Å²) in [7, 11) is 1.57. The average molecular weight is 424 g/mol. The van der Waals surface area contributed by atoms with Gasteiger partial charge in [-0.1, -0.05) is 37.3 Å². The fraction of sp³-hybridized carbons (Fsp3) is 0.440. The quantitative estimate of drug-likeness (QED) is 0.645. The number of anilines is 1. The third kappa shape index (κ3) is 6.31. The van der Waals surface area contributed by atoms with Gasteiger partial charge in [0.15, 0.2) is 0 Å². The van der Waals surface area contributed by atoms with Gasteiger partial charge in [0, 0.05) is 0 Å². The highest BCUT2D eigenvalue weighted by atomic mass is 16.5. The molecule has 6 nitrogen and oxygen atoms in total. The molecule has 31 heavy (non-hydrogen) atoms. The van der Waals surface area contributed by atoms with Gasteiger partial charge in [0.1, 0.15) is 5.75 Å². The number of fused-ring (bicyclic) bond motifs is 1. The molecule has 0 bridgehead atoms. The first-order chi connectivity index (χ1) is 15.0. The van der Waals surface area contributed by atoms with Crippen molar-refractivity contribution >= 4 is 17.5 Å². The van der Waals surface area contributed by atoms with Crippen molar-refractivity contribution in [2.45, 2.75) is 45.6 Å². The fourth-order valence-corrected chi connectivity index (χ4v) is 4.02. The molecule has 2 aromatic carbocycles. The van der Waals surface area contributed by atoms with Crippen molar-refractivity contribution in [2.75, 3.05) is 32.1 Å². The number of rotatable bonds is 9. The minimum Gasteiger partial charge on any atom is -0.495 e. The highest BCUT2D eigenvalue weighted by Crippen LogP contribution is 2.25. The molecule has 1 atom stereocenters. The lowest BCUT2D eigenvalue weighted by Gasteiger charge is -2.23. The highest BCUT2D eigenvalue weighted by molar-refractivity contribution is 5.94. The summed E-state index contributed by atoms with van der Waals surface area (Å²) < 4.78 is 5.27. The molecule has 0 radical (unpaired) electrons. The van der Waals surface area contributed by atoms with E-state index < -0.39 is 0 Å². The Morgan fingerprint density at radius 3 is 2.48 bits per heavy atom. The molecule has 2 aromatic rings. The molecule has 1 aliphatic carbocycles. The van der Waals surface area contributed by atoms with E-state index in [4.69, 9.17) is 4.74 Å². The van der Waals surface area contributed by atoms with E-state index in [-0.39, 0.29) is 30.9 Å². The minimum absolute atomic E-state index is 0.0687. The average Bonchev–Trinajstić information content (AvgIpc) is 2.78. The van der Waals surface area contributed by atoms with Crippen LogP contribution in [0.5, 0.6) is 5.75 Å². The number of nitrogens with one attached hydrogen (secondary N) is 2. The molecule has 0 heterocycles. The Bertz CT molecular complexity index is 913. The van der Waals surface area contributed by atoms with E-state index in [0.717, 1.165) is 18.4 Å². The van der Waals surface area contributed by atoms with Crippen LogP contribution in [0.25, 0.3) is 0 Å². The molecule has 0 saturated carbocycles. The number of likely N-dealkylation sites (N-methyl/N-ethyl adjacent to an activating group) is 1. The van der Waals surface area contributed by atoms with Crippen LogP contribution in [0.1, 0.15) is 49.4 Å². The molecule has 0 fully saturated rings. The van der Waals surface area contributed by atoms with Gasteiger partial charge in [-0.05, 0) is 68.0 Å². The minimum atomic E-state index is -0.179. The summed E-state index contributed by atoms with van der Waals surface area (Å²) in [6, 6.07) is 13.8. The number of aryl methyl sites for hydroxylation is 2. The molecule has 2 amide bonds. The van der Waals surface area contributed by atoms with Crippen molar-refractivity contribution in [3.05, 3.63) is 59.2 Å². The van der Waals surface area contributed by atoms with E-state index in [0.29, 0.717) is 18.0 Å². The van der Waals surface area contributed by atoms with Crippen LogP contribution in [0.3, 0.4) is 0 Å². The number of carbonyl (C=O) groups is 2. The first-order valence-electron chi connectivity index (χ1n) is 11.1. The van der Waals surface area contributed by atoms with Gasteiger partial charge >= 0.3 is 0 Å². The Hall–Kier alpha value is -2.86. The van der Waals surface area contributed by atoms with Crippen molar-refractivity contribution in [3.8, 4) is 5.75 Å². The summed E-state index contributed by atoms with van der Waals surface area (Å²) in [5.41, 5.74) is 4.60. The molecule has 0 saturated heterocycles. The summed E-state index contributed by atoms with van der Waals surface area (Å²) in [5.74, 6) is 0.342. The van der Waals surface area contributed by atoms with Crippen LogP contribution in [-0.4, -0.2) is 43.5 Å². The molecular formula is C25H33N3O3. The SMILES string of the molecule is CCN(CC(=O)Nc1ccccc1OC)CC(=O)NC(C)c1ccc2c(c1)CCCC2. The number of methoxy groups -OCH3 is 1. The second-order valence-corrected chi connectivity index (χ2v) is 8.08. The van der Waals surface area contributed by atoms with Crippen LogP contribution in [0.15, 0.2) is 42.5 Å². The maximum atomic E-state index is 12.6. The maximum Gasteiger partial charge on any atom is 0.238 e. The van der Waals surface area contributed by atoms with Crippen molar-refractivity contribution in [3.63, 3.8) is 0 Å². The Morgan fingerprint density at radius 2 is 1.74 bits per heavy atom. The van der Waals surface area contributed by atoms with Crippen LogP contribution in [0.4, 0.5) is 5.69 Å². The fourth-order valence-electron chi connectivity index (χ4n) is 4.02. The van der Waals surface area contributed by atoms with Gasteiger partial charge in [-0.15, -0.1) is 0 Å². The number of carbonyl (C=O) groups excluding carboxylic acids is 2. The topological polar surface area (TPSA) is 70.7 Å². The summed E-state index contributed by atoms with van der Waals surface area (Å²) in [4.78, 5) is 26.9. The molecule has 166 valence electrons. The maximum absolute atomic E-state index is 12.6. The van der Waals surface area contributed by atoms with Crippen molar-refractivity contribution < 1.29 is 14.3 Å². The third-order valence-electron chi connectivity index (χ3n) is 5.81. The molecule has 2 N–H and O–H groups in total. The van der Waals surface area contributed by atoms with Gasteiger partial charge < -0.3 is 15.4 Å². The summed E-state index contributed by atoms with van der Waals surface area (Å²) in [6.07, 6.45) is 4.77. The number of benzene rings is 2. The Kier molecular flexibility index (Phi) is 8.06. The molecule has 3 rings (SSSR count). The van der Waals surface area contributed by atoms with Gasteiger partial charge in [0.05, 0.1) is 31.9 Å². The number of nitrogens with zero attached hydrogens (tertiary/aromatic N) is 1. The second kappa shape index (κ2) is 11.0. The molecule has 0 aromatic heterocycles. The van der Waals surface area contributed by atoms with Crippen LogP contribution in [0, 0.1) is 0 Å². The zero-order valence-electron chi connectivity index (χ0n) is 18.7. The number of para-hydroxylation sites is 2. The summed E-state index contributed by atoms with van der Waals surface area (Å²) >= 11 is 0. The lowest BCUT2D eigenvalue weighted by Crippen LogP contribution is -2.41. The molecule has 1 unspecified atom stereocenters. The highest BCUT2D eigenvalue weighted by Gasteiger charge is 2.17. The predicted molar refractivity (Wildman–Crippen MR) is 123 cm³/mol. The first kappa shape index (κ1) is 22.8. The summed E-state index contributed by atoms with van der Waals surface area (Å²) in [6.45, 7) is 4.85. The van der Waals surface area contributed by atoms with E-state index in [1.165, 1.54) is 24.0 Å². The predicted octanol–water partition coefficient (Wildman–Crippen LogP) is 3.71. The van der Waals surface area contributed by atoms with Crippen molar-refractivity contribution in [1.82, 2.24) is 10.2 Å². The largest absolute Gasteiger partial charge is 0.495 e. The van der Waals surface area contributed by atoms with E-state index >= 15 is 0 Å². The Balaban J connectivity index is 1.52. The second-order valence-electron chi connectivity index (χ2n) is 8.08. The zero-order valence-corrected chi connectivity index (χ0v) is 18.7. The van der Waals surface area contributed by atoms with Crippen molar-refractivity contribution in [1.29, 1.82) is 0 Å². The normalized spacial score (nSPS) is 13.9. The smallest absolute Gasteiger partial charge is 0.238 e. The molecule has 0 aliphatic heterocycles. The lowest BCUT2D eigenvalue weighted by atomic mass is 9.89. The van der Waals surface area contributed by atoms with Gasteiger partial charge in [-0.2, -0.15) is 0 Å². The van der Waals surface area contributed by atoms with Crippen LogP contribution >= 0.6 is 0 Å². The number of amides is 2. The standard InChI is InChI=1S/C25H33N3O3/c1-4-28(17-25(30)27-22-11-7-8-12-23(22)31-3)16-24(29)26-18(2)20-14-13-19-9-5-6-10-21(19)15-20/h7-8,11-15,18H,4-6,9-10,16-17H2,1-3H3,(H,26,29)(H,27,30). The van der Waals surface area contributed by atoms with E-state index in [1.807, 2.05) is 30.9 Å². The van der Waals surface area contributed by atoms with Gasteiger partial charge in [0.2, 0.25) is 11.8 Å². The van der Waals surface area contributed by atoms with Gasteiger partial charge in [-0.3, -0.25) is 14.5 Å². The van der Waals surface area contributed by atoms with Crippen molar-refractivity contribution in [2.24, 2.45) is 0 Å². The van der Waals surface area contributed by atoms with Crippen LogP contribution in [0.2, 0.25) is 0 Å². The van der Waals surface area contributed by atoms with E-state index in [1.54, 1.807) is 19.2 Å². The molecule has 0 spiro atoms. The van der Waals surface area contributed by atoms with Crippen LogP contribution < -0.4 is 15.4 Å². The third-order valence-corrected chi connectivity index (χ3v) is 5.81. The Morgan fingerprint density at radius 1 is 1.03 bits per heavy atom. The van der Waals surface area contributed by atoms with Crippen LogP contribution in [-0.2, 0) is 22.4 Å². The Labute approximate surface area is 185 Å². The number of ether oxygens (including phenoxy) is 1. The molecule has 1 aliphatic rings. The first-order valence-corrected chi connectivity index (χ1v) is 11.1. The molecular weight excluding hydrogens is 390 g/mol. The number of hydrogen-bond acceptors (Lipinski definition) is 4. The lowest BCUT2D eigenvalue weighted by molar-refractivity contribution is -0.123. The summed E-state index contributed by atoms with van der Waals surface area (Å²) in [5, 5.41) is 5.93. The molecule has 6 heteroatoms.